The predicted octanol–water partition coefficient (Wildman–Crippen LogP) is 11.8. The van der Waals surface area contributed by atoms with E-state index in [-0.39, 0.29) is 5.54 Å². The molecule has 1 nitrogen and oxygen atoms in total. The molecule has 47 heavy (non-hydrogen) atoms. The van der Waals surface area contributed by atoms with Gasteiger partial charge in [-0.25, -0.2) is 0 Å². The maximum atomic E-state index is 6.43. The number of unbranched alkanes of at least 4 members (excludes halogenated alkanes) is 2. The third-order valence-corrected chi connectivity index (χ3v) is 14.0. The highest BCUT2D eigenvalue weighted by Gasteiger charge is 2.44. The van der Waals surface area contributed by atoms with E-state index in [2.05, 4.69) is 144 Å². The zero-order valence-corrected chi connectivity index (χ0v) is 30.0. The number of ether oxygens (including phenoxy) is 1. The van der Waals surface area contributed by atoms with E-state index in [1.807, 2.05) is 6.08 Å². The Kier molecular flexibility index (Phi) is 9.99. The smallest absolute Gasteiger partial charge is 0.121 e. The summed E-state index contributed by atoms with van der Waals surface area (Å²) in [5.74, 6) is 1.04. The number of rotatable bonds is 13. The van der Waals surface area contributed by atoms with E-state index >= 15 is 0 Å². The van der Waals surface area contributed by atoms with E-state index in [0.29, 0.717) is 6.61 Å². The summed E-state index contributed by atoms with van der Waals surface area (Å²) in [6.07, 6.45) is 8.99. The normalized spacial score (nSPS) is 12.5. The summed E-state index contributed by atoms with van der Waals surface area (Å²) in [5.41, 5.74) is 15.2. The van der Waals surface area contributed by atoms with Crippen LogP contribution in [0.5, 0.6) is 5.75 Å². The molecule has 5 aromatic carbocycles. The average Bonchev–Trinajstić information content (AvgIpc) is 3.43. The molecule has 0 bridgehead atoms. The number of para-hydroxylation sites is 1. The lowest BCUT2D eigenvalue weighted by molar-refractivity contribution is 0.363. The fourth-order valence-corrected chi connectivity index (χ4v) is 11.3. The summed E-state index contributed by atoms with van der Waals surface area (Å²) < 4.78 is 6.43. The monoisotopic (exact) mass is 634 g/mol. The number of fused-ring (bicyclic) bond motifs is 3. The second kappa shape index (κ2) is 14.3. The molecule has 0 saturated carbocycles. The van der Waals surface area contributed by atoms with Crippen molar-refractivity contribution in [2.45, 2.75) is 77.9 Å². The van der Waals surface area contributed by atoms with Gasteiger partial charge < -0.3 is 4.74 Å². The molecule has 0 spiro atoms. The van der Waals surface area contributed by atoms with Crippen LogP contribution in [0.2, 0.25) is 13.1 Å². The van der Waals surface area contributed by atoms with Gasteiger partial charge in [0.2, 0.25) is 0 Å². The second-order valence-corrected chi connectivity index (χ2v) is 18.5. The second-order valence-electron chi connectivity index (χ2n) is 13.9. The topological polar surface area (TPSA) is 9.23 Å². The highest BCUT2D eigenvalue weighted by molar-refractivity contribution is 6.92. The molecule has 5 aromatic rings. The lowest BCUT2D eigenvalue weighted by Crippen LogP contribution is -2.48. The SMILES string of the molecule is C=CCOc1c(C)cccc1[Si](C)(C)C1c2cc(-c3cccc(CCCC)c3)ccc2-c2ccc(-c3cccc(CCCC)c3)cc21. The largest absolute Gasteiger partial charge is 0.489 e. The van der Waals surface area contributed by atoms with Crippen LogP contribution in [0.1, 0.15) is 72.9 Å². The van der Waals surface area contributed by atoms with Crippen LogP contribution in [-0.4, -0.2) is 14.7 Å². The summed E-state index contributed by atoms with van der Waals surface area (Å²) in [7, 11) is -2.24. The fourth-order valence-electron chi connectivity index (χ4n) is 7.62. The zero-order chi connectivity index (χ0) is 33.0. The Balaban J connectivity index is 1.51. The molecule has 1 aliphatic carbocycles. The van der Waals surface area contributed by atoms with Gasteiger partial charge in [0.25, 0.3) is 0 Å². The average molecular weight is 635 g/mol. The quantitative estimate of drug-likeness (QED) is 0.0925. The van der Waals surface area contributed by atoms with Crippen LogP contribution in [-0.2, 0) is 12.8 Å². The molecule has 240 valence electrons. The molecule has 0 heterocycles. The summed E-state index contributed by atoms with van der Waals surface area (Å²) in [4.78, 5) is 0. The number of hydrogen-bond donors (Lipinski definition) is 0. The highest BCUT2D eigenvalue weighted by atomic mass is 28.3. The van der Waals surface area contributed by atoms with Crippen LogP contribution < -0.4 is 9.92 Å². The van der Waals surface area contributed by atoms with Crippen molar-refractivity contribution in [3.8, 4) is 39.1 Å². The first-order valence-corrected chi connectivity index (χ1v) is 20.7. The molecular formula is C45H50OSi. The van der Waals surface area contributed by atoms with Crippen molar-refractivity contribution in [1.82, 2.24) is 0 Å². The van der Waals surface area contributed by atoms with Gasteiger partial charge in [-0.05, 0) is 99.0 Å². The standard InChI is InChI=1S/C45H50OSi/c1-7-10-16-33-18-13-20-35(28-33)37-23-25-39-40-26-24-38(36-21-14-19-34(29-36)17-11-8-2)31-42(40)45(41(39)30-37)47(5,6)43-22-12-15-32(4)44(43)46-27-9-3/h9,12-15,18-26,28-31,45H,3,7-8,10-11,16-17,27H2,1-2,4-6H3. The van der Waals surface area contributed by atoms with Gasteiger partial charge in [0.05, 0.1) is 8.07 Å². The molecule has 0 fully saturated rings. The molecule has 0 unspecified atom stereocenters. The minimum atomic E-state index is -2.24. The van der Waals surface area contributed by atoms with E-state index in [4.69, 9.17) is 4.74 Å². The predicted molar refractivity (Wildman–Crippen MR) is 206 cm³/mol. The highest BCUT2D eigenvalue weighted by Crippen LogP contribution is 2.51. The fraction of sp³-hybridized carbons (Fsp3) is 0.289. The third kappa shape index (κ3) is 6.67. The van der Waals surface area contributed by atoms with Crippen molar-refractivity contribution in [3.05, 3.63) is 144 Å². The zero-order valence-electron chi connectivity index (χ0n) is 29.0. The van der Waals surface area contributed by atoms with Crippen LogP contribution in [0, 0.1) is 6.92 Å². The molecule has 0 radical (unpaired) electrons. The first-order chi connectivity index (χ1) is 22.8. The van der Waals surface area contributed by atoms with Crippen molar-refractivity contribution in [2.24, 2.45) is 0 Å². The maximum absolute atomic E-state index is 6.43. The number of aryl methyl sites for hydroxylation is 3. The van der Waals surface area contributed by atoms with Crippen LogP contribution in [0.25, 0.3) is 33.4 Å². The maximum Gasteiger partial charge on any atom is 0.121 e. The first-order valence-electron chi connectivity index (χ1n) is 17.7. The lowest BCUT2D eigenvalue weighted by Gasteiger charge is -2.34. The molecule has 0 amide bonds. The van der Waals surface area contributed by atoms with E-state index in [1.165, 1.54) is 92.1 Å². The van der Waals surface area contributed by atoms with Gasteiger partial charge in [0.1, 0.15) is 12.4 Å². The first kappa shape index (κ1) is 32.8. The summed E-state index contributed by atoms with van der Waals surface area (Å²) in [6.45, 7) is 16.3. The van der Waals surface area contributed by atoms with Gasteiger partial charge >= 0.3 is 0 Å². The molecule has 0 saturated heterocycles. The molecule has 0 aliphatic heterocycles. The van der Waals surface area contributed by atoms with Crippen molar-refractivity contribution in [3.63, 3.8) is 0 Å². The van der Waals surface area contributed by atoms with Gasteiger partial charge in [-0.3, -0.25) is 0 Å². The van der Waals surface area contributed by atoms with E-state index in [1.54, 1.807) is 0 Å². The van der Waals surface area contributed by atoms with Gasteiger partial charge in [-0.1, -0.05) is 156 Å². The molecule has 2 heteroatoms. The third-order valence-electron chi connectivity index (χ3n) is 10.1. The van der Waals surface area contributed by atoms with Crippen LogP contribution >= 0.6 is 0 Å². The van der Waals surface area contributed by atoms with Crippen molar-refractivity contribution >= 4 is 13.3 Å². The van der Waals surface area contributed by atoms with Crippen LogP contribution in [0.3, 0.4) is 0 Å². The summed E-state index contributed by atoms with van der Waals surface area (Å²) in [6, 6.07) is 39.6. The van der Waals surface area contributed by atoms with Gasteiger partial charge in [0.15, 0.2) is 0 Å². The Morgan fingerprint density at radius 1 is 0.660 bits per heavy atom. The Bertz CT molecular complexity index is 1780. The summed E-state index contributed by atoms with van der Waals surface area (Å²) >= 11 is 0. The van der Waals surface area contributed by atoms with Gasteiger partial charge in [0, 0.05) is 5.54 Å². The van der Waals surface area contributed by atoms with Crippen LogP contribution in [0.4, 0.5) is 0 Å². The number of hydrogen-bond acceptors (Lipinski definition) is 1. The van der Waals surface area contributed by atoms with E-state index < -0.39 is 8.07 Å². The Morgan fingerprint density at radius 2 is 1.17 bits per heavy atom. The Hall–Kier alpha value is -4.14. The van der Waals surface area contributed by atoms with Crippen molar-refractivity contribution in [2.75, 3.05) is 6.61 Å². The van der Waals surface area contributed by atoms with Gasteiger partial charge in [-0.2, -0.15) is 0 Å². The Labute approximate surface area is 284 Å². The lowest BCUT2D eigenvalue weighted by atomic mass is 9.96. The molecular weight excluding hydrogens is 585 g/mol. The summed E-state index contributed by atoms with van der Waals surface area (Å²) in [5, 5.41) is 1.38. The van der Waals surface area contributed by atoms with Crippen LogP contribution in [0.15, 0.2) is 116 Å². The minimum Gasteiger partial charge on any atom is -0.489 e. The molecule has 0 atom stereocenters. The van der Waals surface area contributed by atoms with E-state index in [9.17, 15) is 0 Å². The Morgan fingerprint density at radius 3 is 1.68 bits per heavy atom. The van der Waals surface area contributed by atoms with Crippen molar-refractivity contribution in [1.29, 1.82) is 0 Å². The van der Waals surface area contributed by atoms with E-state index in [0.717, 1.165) is 18.6 Å². The molecule has 0 aromatic heterocycles. The molecule has 0 N–H and O–H groups in total. The molecule has 1 aliphatic rings. The molecule has 6 rings (SSSR count). The minimum absolute atomic E-state index is 0.284. The number of benzene rings is 5. The van der Waals surface area contributed by atoms with Gasteiger partial charge in [-0.15, -0.1) is 0 Å². The van der Waals surface area contributed by atoms with Crippen molar-refractivity contribution < 1.29 is 4.74 Å².